The first-order valence-electron chi connectivity index (χ1n) is 6.29. The van der Waals surface area contributed by atoms with E-state index in [-0.39, 0.29) is 11.2 Å². The summed E-state index contributed by atoms with van der Waals surface area (Å²) < 4.78 is 0. The van der Waals surface area contributed by atoms with Crippen molar-refractivity contribution < 1.29 is 4.79 Å². The molecule has 0 radical (unpaired) electrons. The quantitative estimate of drug-likeness (QED) is 0.889. The smallest absolute Gasteiger partial charge is 0.234 e. The van der Waals surface area contributed by atoms with E-state index in [2.05, 4.69) is 24.4 Å². The first kappa shape index (κ1) is 11.1. The molecule has 1 aliphatic carbocycles. The van der Waals surface area contributed by atoms with E-state index in [0.717, 1.165) is 12.3 Å². The summed E-state index contributed by atoms with van der Waals surface area (Å²) in [6.07, 6.45) is 3.43. The first-order chi connectivity index (χ1) is 8.24. The number of amides is 1. The second-order valence-electron chi connectivity index (χ2n) is 5.05. The summed E-state index contributed by atoms with van der Waals surface area (Å²) in [5.74, 6) is 0.943. The third-order valence-electron chi connectivity index (χ3n) is 3.64. The van der Waals surface area contributed by atoms with Crippen LogP contribution in [0.25, 0.3) is 0 Å². The Bertz CT molecular complexity index is 417. The average molecular weight is 247 g/mol. The van der Waals surface area contributed by atoms with Crippen molar-refractivity contribution in [1.82, 2.24) is 5.32 Å². The van der Waals surface area contributed by atoms with Crippen LogP contribution in [0.2, 0.25) is 0 Å². The van der Waals surface area contributed by atoms with Gasteiger partial charge in [-0.05, 0) is 43.7 Å². The van der Waals surface area contributed by atoms with E-state index in [4.69, 9.17) is 0 Å². The van der Waals surface area contributed by atoms with Gasteiger partial charge < -0.3 is 5.32 Å². The lowest BCUT2D eigenvalue weighted by Gasteiger charge is -2.15. The summed E-state index contributed by atoms with van der Waals surface area (Å²) in [6.45, 7) is 2.13. The summed E-state index contributed by atoms with van der Waals surface area (Å²) in [5.41, 5.74) is 1.32. The van der Waals surface area contributed by atoms with Crippen LogP contribution >= 0.6 is 11.8 Å². The number of hydrogen-bond acceptors (Lipinski definition) is 2. The normalized spacial score (nSPS) is 24.2. The maximum Gasteiger partial charge on any atom is 0.234 e. The number of carbonyl (C=O) groups is 1. The van der Waals surface area contributed by atoms with Gasteiger partial charge in [-0.25, -0.2) is 0 Å². The van der Waals surface area contributed by atoms with Crippen molar-refractivity contribution in [3.8, 4) is 0 Å². The van der Waals surface area contributed by atoms with Gasteiger partial charge in [0, 0.05) is 10.9 Å². The van der Waals surface area contributed by atoms with Crippen LogP contribution < -0.4 is 5.32 Å². The SMILES string of the molecule is CC(NC(=O)C1Cc2ccccc2S1)C1CC1. The van der Waals surface area contributed by atoms with Crippen LogP contribution in [-0.2, 0) is 11.2 Å². The van der Waals surface area contributed by atoms with Crippen molar-refractivity contribution in [3.05, 3.63) is 29.8 Å². The van der Waals surface area contributed by atoms with Crippen molar-refractivity contribution >= 4 is 17.7 Å². The molecule has 1 heterocycles. The van der Waals surface area contributed by atoms with Crippen LogP contribution in [0.1, 0.15) is 25.3 Å². The van der Waals surface area contributed by atoms with Crippen molar-refractivity contribution in [2.45, 2.75) is 42.4 Å². The fourth-order valence-corrected chi connectivity index (χ4v) is 3.56. The van der Waals surface area contributed by atoms with Gasteiger partial charge in [-0.2, -0.15) is 0 Å². The number of thioether (sulfide) groups is 1. The van der Waals surface area contributed by atoms with E-state index in [1.54, 1.807) is 11.8 Å². The molecule has 3 heteroatoms. The Morgan fingerprint density at radius 2 is 2.18 bits per heavy atom. The van der Waals surface area contributed by atoms with E-state index in [1.165, 1.54) is 23.3 Å². The molecule has 3 rings (SSSR count). The monoisotopic (exact) mass is 247 g/mol. The molecule has 17 heavy (non-hydrogen) atoms. The van der Waals surface area contributed by atoms with Crippen LogP contribution in [0.15, 0.2) is 29.2 Å². The predicted molar refractivity (Wildman–Crippen MR) is 70.1 cm³/mol. The second kappa shape index (κ2) is 4.37. The summed E-state index contributed by atoms with van der Waals surface area (Å²) >= 11 is 1.71. The zero-order chi connectivity index (χ0) is 11.8. The van der Waals surface area contributed by atoms with Gasteiger partial charge in [0.1, 0.15) is 0 Å². The molecule has 1 N–H and O–H groups in total. The van der Waals surface area contributed by atoms with Crippen LogP contribution in [0.5, 0.6) is 0 Å². The van der Waals surface area contributed by atoms with Crippen molar-refractivity contribution in [2.24, 2.45) is 5.92 Å². The minimum absolute atomic E-state index is 0.0774. The highest BCUT2D eigenvalue weighted by Crippen LogP contribution is 2.37. The molecule has 1 aromatic carbocycles. The Balaban J connectivity index is 1.61. The topological polar surface area (TPSA) is 29.1 Å². The van der Waals surface area contributed by atoms with E-state index in [0.29, 0.717) is 6.04 Å². The van der Waals surface area contributed by atoms with Gasteiger partial charge in [-0.3, -0.25) is 4.79 Å². The molecule has 90 valence electrons. The number of fused-ring (bicyclic) bond motifs is 1. The van der Waals surface area contributed by atoms with E-state index < -0.39 is 0 Å². The van der Waals surface area contributed by atoms with E-state index in [9.17, 15) is 4.79 Å². The molecular formula is C14H17NOS. The lowest BCUT2D eigenvalue weighted by atomic mass is 10.1. The fraction of sp³-hybridized carbons (Fsp3) is 0.500. The number of hydrogen-bond donors (Lipinski definition) is 1. The highest BCUT2D eigenvalue weighted by Gasteiger charge is 2.33. The third kappa shape index (κ3) is 2.34. The molecule has 2 aliphatic rings. The van der Waals surface area contributed by atoms with Gasteiger partial charge in [-0.1, -0.05) is 18.2 Å². The Morgan fingerprint density at radius 3 is 2.88 bits per heavy atom. The van der Waals surface area contributed by atoms with Crippen LogP contribution in [0.3, 0.4) is 0 Å². The standard InChI is InChI=1S/C14H17NOS/c1-9(10-6-7-10)15-14(16)13-8-11-4-2-3-5-12(11)17-13/h2-5,9-10,13H,6-8H2,1H3,(H,15,16). The van der Waals surface area contributed by atoms with Gasteiger partial charge in [0.05, 0.1) is 5.25 Å². The molecule has 2 nitrogen and oxygen atoms in total. The molecule has 2 unspecified atom stereocenters. The first-order valence-corrected chi connectivity index (χ1v) is 7.17. The Morgan fingerprint density at radius 1 is 1.41 bits per heavy atom. The summed E-state index contributed by atoms with van der Waals surface area (Å²) in [7, 11) is 0. The third-order valence-corrected chi connectivity index (χ3v) is 4.96. The number of benzene rings is 1. The average Bonchev–Trinajstić information content (AvgIpc) is 3.08. The molecule has 1 aliphatic heterocycles. The van der Waals surface area contributed by atoms with E-state index in [1.807, 2.05) is 12.1 Å². The maximum absolute atomic E-state index is 12.1. The lowest BCUT2D eigenvalue weighted by Crippen LogP contribution is -2.39. The van der Waals surface area contributed by atoms with Gasteiger partial charge in [0.25, 0.3) is 0 Å². The molecule has 1 amide bonds. The Hall–Kier alpha value is -0.960. The van der Waals surface area contributed by atoms with Crippen LogP contribution in [-0.4, -0.2) is 17.2 Å². The Kier molecular flexibility index (Phi) is 2.87. The molecule has 0 aromatic heterocycles. The summed E-state index contributed by atoms with van der Waals surface area (Å²) in [4.78, 5) is 13.4. The zero-order valence-corrected chi connectivity index (χ0v) is 10.8. The van der Waals surface area contributed by atoms with Gasteiger partial charge >= 0.3 is 0 Å². The number of nitrogens with one attached hydrogen (secondary N) is 1. The molecule has 2 atom stereocenters. The van der Waals surface area contributed by atoms with Crippen molar-refractivity contribution in [2.75, 3.05) is 0 Å². The molecule has 0 saturated heterocycles. The van der Waals surface area contributed by atoms with Crippen molar-refractivity contribution in [3.63, 3.8) is 0 Å². The largest absolute Gasteiger partial charge is 0.352 e. The molecule has 1 fully saturated rings. The second-order valence-corrected chi connectivity index (χ2v) is 6.30. The van der Waals surface area contributed by atoms with Gasteiger partial charge in [-0.15, -0.1) is 11.8 Å². The highest BCUT2D eigenvalue weighted by molar-refractivity contribution is 8.01. The molecule has 0 spiro atoms. The molecule has 1 saturated carbocycles. The summed E-state index contributed by atoms with van der Waals surface area (Å²) in [6, 6.07) is 8.68. The number of rotatable bonds is 3. The minimum atomic E-state index is 0.0774. The van der Waals surface area contributed by atoms with Gasteiger partial charge in [0.2, 0.25) is 5.91 Å². The van der Waals surface area contributed by atoms with Crippen LogP contribution in [0.4, 0.5) is 0 Å². The number of carbonyl (C=O) groups excluding carboxylic acids is 1. The summed E-state index contributed by atoms with van der Waals surface area (Å²) in [5, 5.41) is 3.24. The fourth-order valence-electron chi connectivity index (χ4n) is 2.36. The van der Waals surface area contributed by atoms with Gasteiger partial charge in [0.15, 0.2) is 0 Å². The molecular weight excluding hydrogens is 230 g/mol. The Labute approximate surface area is 106 Å². The minimum Gasteiger partial charge on any atom is -0.352 e. The highest BCUT2D eigenvalue weighted by atomic mass is 32.2. The van der Waals surface area contributed by atoms with Crippen LogP contribution in [0, 0.1) is 5.92 Å². The predicted octanol–water partition coefficient (Wildman–Crippen LogP) is 2.62. The zero-order valence-electron chi connectivity index (χ0n) is 9.98. The molecule has 0 bridgehead atoms. The lowest BCUT2D eigenvalue weighted by molar-refractivity contribution is -0.121. The maximum atomic E-state index is 12.1. The van der Waals surface area contributed by atoms with Crippen molar-refractivity contribution in [1.29, 1.82) is 0 Å². The molecule has 1 aromatic rings. The van der Waals surface area contributed by atoms with E-state index >= 15 is 0 Å².